The minimum absolute atomic E-state index is 0.0584. The summed E-state index contributed by atoms with van der Waals surface area (Å²) in [5, 5.41) is 1.47. The lowest BCUT2D eigenvalue weighted by molar-refractivity contribution is 0.231. The first-order chi connectivity index (χ1) is 8.47. The van der Waals surface area contributed by atoms with E-state index < -0.39 is 5.82 Å². The highest BCUT2D eigenvalue weighted by molar-refractivity contribution is 7.16. The van der Waals surface area contributed by atoms with Gasteiger partial charge in [0, 0.05) is 5.56 Å². The molecule has 0 spiro atoms. The molecule has 18 heavy (non-hydrogen) atoms. The fourth-order valence-corrected chi connectivity index (χ4v) is 2.36. The molecule has 0 unspecified atom stereocenters. The third-order valence-corrected chi connectivity index (χ3v) is 3.13. The largest absolute Gasteiger partial charge is 0.488 e. The Bertz CT molecular complexity index is 566. The molecule has 1 heterocycles. The summed E-state index contributed by atoms with van der Waals surface area (Å²) in [7, 11) is 0. The van der Waals surface area contributed by atoms with E-state index in [1.165, 1.54) is 17.4 Å². The fraction of sp³-hybridized carbons (Fsp3) is 0.308. The quantitative estimate of drug-likeness (QED) is 0.922. The van der Waals surface area contributed by atoms with Crippen molar-refractivity contribution in [1.29, 1.82) is 0 Å². The summed E-state index contributed by atoms with van der Waals surface area (Å²) in [6.45, 7) is 5.58. The smallest absolute Gasteiger partial charge is 0.165 e. The second-order valence-electron chi connectivity index (χ2n) is 4.26. The summed E-state index contributed by atoms with van der Waals surface area (Å²) in [4.78, 5) is 4.30. The maximum absolute atomic E-state index is 13.8. The molecule has 2 N–H and O–H groups in total. The summed E-state index contributed by atoms with van der Waals surface area (Å²) < 4.78 is 19.2. The van der Waals surface area contributed by atoms with E-state index in [-0.39, 0.29) is 11.9 Å². The Kier molecular flexibility index (Phi) is 3.52. The maximum Gasteiger partial charge on any atom is 0.165 e. The molecule has 0 aliphatic carbocycles. The molecule has 0 aliphatic heterocycles. The molecule has 2 aromatic rings. The Labute approximate surface area is 109 Å². The zero-order chi connectivity index (χ0) is 13.3. The van der Waals surface area contributed by atoms with Crippen LogP contribution in [0.2, 0.25) is 0 Å². The van der Waals surface area contributed by atoms with Gasteiger partial charge in [-0.3, -0.25) is 0 Å². The molecule has 96 valence electrons. The standard InChI is InChI=1S/C13H15FN2OS/c1-7(2)17-11-5-4-9(6-10(11)14)12-13(15)18-8(3)16-12/h4-7H,15H2,1-3H3. The van der Waals surface area contributed by atoms with Crippen LogP contribution in [0.25, 0.3) is 11.3 Å². The Morgan fingerprint density at radius 2 is 2.11 bits per heavy atom. The molecular weight excluding hydrogens is 251 g/mol. The van der Waals surface area contributed by atoms with Crippen LogP contribution in [0.5, 0.6) is 5.75 Å². The number of halogens is 1. The third-order valence-electron chi connectivity index (χ3n) is 2.33. The molecule has 0 saturated heterocycles. The van der Waals surface area contributed by atoms with Crippen LogP contribution in [0, 0.1) is 12.7 Å². The van der Waals surface area contributed by atoms with E-state index >= 15 is 0 Å². The van der Waals surface area contributed by atoms with Crippen LogP contribution in [0.1, 0.15) is 18.9 Å². The van der Waals surface area contributed by atoms with Gasteiger partial charge in [-0.25, -0.2) is 9.37 Å². The second kappa shape index (κ2) is 4.94. The van der Waals surface area contributed by atoms with Crippen LogP contribution in [-0.4, -0.2) is 11.1 Å². The van der Waals surface area contributed by atoms with Gasteiger partial charge in [0.1, 0.15) is 10.7 Å². The Morgan fingerprint density at radius 1 is 1.39 bits per heavy atom. The van der Waals surface area contributed by atoms with Crippen molar-refractivity contribution in [3.8, 4) is 17.0 Å². The predicted molar refractivity (Wildman–Crippen MR) is 72.4 cm³/mol. The number of aryl methyl sites for hydroxylation is 1. The molecule has 0 atom stereocenters. The number of nitrogens with two attached hydrogens (primary N) is 1. The van der Waals surface area contributed by atoms with E-state index in [2.05, 4.69) is 4.98 Å². The molecule has 0 bridgehead atoms. The average Bonchev–Trinajstić information content (AvgIpc) is 2.60. The van der Waals surface area contributed by atoms with Gasteiger partial charge in [-0.05, 0) is 39.0 Å². The van der Waals surface area contributed by atoms with Crippen LogP contribution in [-0.2, 0) is 0 Å². The van der Waals surface area contributed by atoms with E-state index in [1.807, 2.05) is 20.8 Å². The zero-order valence-corrected chi connectivity index (χ0v) is 11.3. The van der Waals surface area contributed by atoms with Gasteiger partial charge in [0.15, 0.2) is 11.6 Å². The van der Waals surface area contributed by atoms with Crippen molar-refractivity contribution in [3.05, 3.63) is 29.0 Å². The molecule has 1 aromatic carbocycles. The highest BCUT2D eigenvalue weighted by Crippen LogP contribution is 2.32. The van der Waals surface area contributed by atoms with Gasteiger partial charge in [0.25, 0.3) is 0 Å². The fourth-order valence-electron chi connectivity index (χ4n) is 1.65. The number of anilines is 1. The van der Waals surface area contributed by atoms with E-state index in [1.54, 1.807) is 12.1 Å². The molecule has 0 aliphatic rings. The molecule has 2 rings (SSSR count). The number of nitrogen functional groups attached to an aromatic ring is 1. The number of thiazole rings is 1. The summed E-state index contributed by atoms with van der Waals surface area (Å²) in [5.74, 6) is -0.148. The maximum atomic E-state index is 13.8. The summed E-state index contributed by atoms with van der Waals surface area (Å²) >= 11 is 1.40. The molecular formula is C13H15FN2OS. The van der Waals surface area contributed by atoms with Crippen molar-refractivity contribution < 1.29 is 9.13 Å². The molecule has 5 heteroatoms. The molecule has 0 fully saturated rings. The number of rotatable bonds is 3. The number of nitrogens with zero attached hydrogens (tertiary/aromatic N) is 1. The van der Waals surface area contributed by atoms with E-state index in [0.717, 1.165) is 5.01 Å². The summed E-state index contributed by atoms with van der Waals surface area (Å²) in [6, 6.07) is 4.78. The van der Waals surface area contributed by atoms with Gasteiger partial charge in [0.2, 0.25) is 0 Å². The predicted octanol–water partition coefficient (Wildman–Crippen LogP) is 3.63. The van der Waals surface area contributed by atoms with Crippen molar-refractivity contribution in [2.45, 2.75) is 26.9 Å². The molecule has 0 saturated carbocycles. The lowest BCUT2D eigenvalue weighted by atomic mass is 10.1. The van der Waals surface area contributed by atoms with Crippen molar-refractivity contribution in [1.82, 2.24) is 4.98 Å². The van der Waals surface area contributed by atoms with Crippen molar-refractivity contribution in [2.75, 3.05) is 5.73 Å². The normalized spacial score (nSPS) is 10.9. The van der Waals surface area contributed by atoms with Gasteiger partial charge in [-0.1, -0.05) is 0 Å². The van der Waals surface area contributed by atoms with E-state index in [9.17, 15) is 4.39 Å². The molecule has 1 aromatic heterocycles. The van der Waals surface area contributed by atoms with Crippen LogP contribution in [0.3, 0.4) is 0 Å². The van der Waals surface area contributed by atoms with Crippen LogP contribution >= 0.6 is 11.3 Å². The van der Waals surface area contributed by atoms with Crippen molar-refractivity contribution in [3.63, 3.8) is 0 Å². The van der Waals surface area contributed by atoms with Gasteiger partial charge < -0.3 is 10.5 Å². The van der Waals surface area contributed by atoms with E-state index in [4.69, 9.17) is 10.5 Å². The topological polar surface area (TPSA) is 48.1 Å². The lowest BCUT2D eigenvalue weighted by Gasteiger charge is -2.11. The number of ether oxygens (including phenoxy) is 1. The first-order valence-corrected chi connectivity index (χ1v) is 6.48. The monoisotopic (exact) mass is 266 g/mol. The second-order valence-corrected chi connectivity index (χ2v) is 5.49. The highest BCUT2D eigenvalue weighted by Gasteiger charge is 2.12. The number of benzene rings is 1. The first-order valence-electron chi connectivity index (χ1n) is 5.67. The Hall–Kier alpha value is -1.62. The third kappa shape index (κ3) is 2.61. The number of hydrogen-bond donors (Lipinski definition) is 1. The molecule has 0 radical (unpaired) electrons. The summed E-state index contributed by atoms with van der Waals surface area (Å²) in [5.41, 5.74) is 7.15. The Balaban J connectivity index is 2.37. The number of aromatic nitrogens is 1. The van der Waals surface area contributed by atoms with Crippen molar-refractivity contribution in [2.24, 2.45) is 0 Å². The van der Waals surface area contributed by atoms with Gasteiger partial charge in [0.05, 0.1) is 11.1 Å². The van der Waals surface area contributed by atoms with Crippen LogP contribution < -0.4 is 10.5 Å². The number of hydrogen-bond acceptors (Lipinski definition) is 4. The van der Waals surface area contributed by atoms with Crippen molar-refractivity contribution >= 4 is 16.3 Å². The molecule has 0 amide bonds. The van der Waals surface area contributed by atoms with Crippen LogP contribution in [0.15, 0.2) is 18.2 Å². The highest BCUT2D eigenvalue weighted by atomic mass is 32.1. The van der Waals surface area contributed by atoms with Gasteiger partial charge in [-0.15, -0.1) is 11.3 Å². The molecule has 3 nitrogen and oxygen atoms in total. The van der Waals surface area contributed by atoms with Gasteiger partial charge >= 0.3 is 0 Å². The lowest BCUT2D eigenvalue weighted by Crippen LogP contribution is -2.06. The van der Waals surface area contributed by atoms with Crippen LogP contribution in [0.4, 0.5) is 9.39 Å². The van der Waals surface area contributed by atoms with E-state index in [0.29, 0.717) is 16.3 Å². The average molecular weight is 266 g/mol. The SMILES string of the molecule is Cc1nc(-c2ccc(OC(C)C)c(F)c2)c(N)s1. The minimum atomic E-state index is -0.397. The summed E-state index contributed by atoms with van der Waals surface area (Å²) in [6.07, 6.45) is -0.0584. The zero-order valence-electron chi connectivity index (χ0n) is 10.5. The van der Waals surface area contributed by atoms with Gasteiger partial charge in [-0.2, -0.15) is 0 Å². The Morgan fingerprint density at radius 3 is 2.61 bits per heavy atom. The first kappa shape index (κ1) is 12.8. The minimum Gasteiger partial charge on any atom is -0.488 e.